The molecule has 1 aromatic heterocycles. The summed E-state index contributed by atoms with van der Waals surface area (Å²) in [6.07, 6.45) is 1.48. The van der Waals surface area contributed by atoms with Gasteiger partial charge in [-0.25, -0.2) is 4.79 Å². The summed E-state index contributed by atoms with van der Waals surface area (Å²) in [7, 11) is 0. The normalized spacial score (nSPS) is 17.7. The third kappa shape index (κ3) is 3.73. The van der Waals surface area contributed by atoms with E-state index in [9.17, 15) is 14.4 Å². The zero-order chi connectivity index (χ0) is 18.0. The van der Waals surface area contributed by atoms with Crippen LogP contribution in [0.1, 0.15) is 37.0 Å². The van der Waals surface area contributed by atoms with Gasteiger partial charge in [0.25, 0.3) is 5.91 Å². The van der Waals surface area contributed by atoms with Gasteiger partial charge in [-0.3, -0.25) is 9.59 Å². The Morgan fingerprint density at radius 2 is 2.04 bits per heavy atom. The molecule has 6 heteroatoms. The minimum absolute atomic E-state index is 0.0172. The maximum atomic E-state index is 12.8. The van der Waals surface area contributed by atoms with Gasteiger partial charge in [-0.15, -0.1) is 0 Å². The molecule has 0 saturated carbocycles. The fourth-order valence-electron chi connectivity index (χ4n) is 3.16. The van der Waals surface area contributed by atoms with Crippen LogP contribution in [0.4, 0.5) is 0 Å². The summed E-state index contributed by atoms with van der Waals surface area (Å²) in [6.45, 7) is 4.67. The molecule has 1 aliphatic heterocycles. The summed E-state index contributed by atoms with van der Waals surface area (Å²) in [6, 6.07) is 8.72. The SMILES string of the molecule is CC(C)NC(=O)C1CCCN(C(=O)c2cc3ccccc3oc2=O)C1. The first-order valence-electron chi connectivity index (χ1n) is 8.58. The smallest absolute Gasteiger partial charge is 0.349 e. The maximum absolute atomic E-state index is 12.8. The lowest BCUT2D eigenvalue weighted by Crippen LogP contribution is -2.47. The van der Waals surface area contributed by atoms with E-state index in [1.54, 1.807) is 29.2 Å². The molecule has 0 radical (unpaired) electrons. The molecule has 132 valence electrons. The molecule has 3 rings (SSSR count). The highest BCUT2D eigenvalue weighted by molar-refractivity contribution is 5.97. The van der Waals surface area contributed by atoms with Crippen LogP contribution in [0.15, 0.2) is 39.5 Å². The predicted molar refractivity (Wildman–Crippen MR) is 94.4 cm³/mol. The zero-order valence-corrected chi connectivity index (χ0v) is 14.5. The van der Waals surface area contributed by atoms with Crippen molar-refractivity contribution in [2.45, 2.75) is 32.7 Å². The molecular weight excluding hydrogens is 320 g/mol. The van der Waals surface area contributed by atoms with Crippen molar-refractivity contribution in [2.24, 2.45) is 5.92 Å². The monoisotopic (exact) mass is 342 g/mol. The van der Waals surface area contributed by atoms with Crippen molar-refractivity contribution >= 4 is 22.8 Å². The molecule has 1 atom stereocenters. The molecule has 1 aromatic carbocycles. The van der Waals surface area contributed by atoms with Gasteiger partial charge in [0.1, 0.15) is 11.1 Å². The van der Waals surface area contributed by atoms with E-state index in [2.05, 4.69) is 5.32 Å². The van der Waals surface area contributed by atoms with E-state index < -0.39 is 5.63 Å². The second-order valence-electron chi connectivity index (χ2n) is 6.74. The van der Waals surface area contributed by atoms with Gasteiger partial charge in [-0.2, -0.15) is 0 Å². The Morgan fingerprint density at radius 1 is 1.28 bits per heavy atom. The van der Waals surface area contributed by atoms with Gasteiger partial charge in [0, 0.05) is 24.5 Å². The number of para-hydroxylation sites is 1. The average molecular weight is 342 g/mol. The third-order valence-corrected chi connectivity index (χ3v) is 4.38. The number of likely N-dealkylation sites (tertiary alicyclic amines) is 1. The third-order valence-electron chi connectivity index (χ3n) is 4.38. The lowest BCUT2D eigenvalue weighted by Gasteiger charge is -2.32. The van der Waals surface area contributed by atoms with Gasteiger partial charge < -0.3 is 14.6 Å². The van der Waals surface area contributed by atoms with Crippen LogP contribution in [0.25, 0.3) is 11.0 Å². The number of nitrogens with zero attached hydrogens (tertiary/aromatic N) is 1. The number of hydrogen-bond donors (Lipinski definition) is 1. The van der Waals surface area contributed by atoms with E-state index >= 15 is 0 Å². The van der Waals surface area contributed by atoms with Gasteiger partial charge in [0.2, 0.25) is 5.91 Å². The number of amides is 2. The molecule has 0 aliphatic carbocycles. The van der Waals surface area contributed by atoms with Crippen LogP contribution in [-0.2, 0) is 4.79 Å². The van der Waals surface area contributed by atoms with Crippen LogP contribution in [0.5, 0.6) is 0 Å². The van der Waals surface area contributed by atoms with Crippen LogP contribution in [0.2, 0.25) is 0 Å². The van der Waals surface area contributed by atoms with Crippen LogP contribution in [0, 0.1) is 5.92 Å². The van der Waals surface area contributed by atoms with E-state index in [4.69, 9.17) is 4.42 Å². The van der Waals surface area contributed by atoms with Gasteiger partial charge >= 0.3 is 5.63 Å². The predicted octanol–water partition coefficient (Wildman–Crippen LogP) is 2.17. The Bertz CT molecular complexity index is 856. The first-order valence-corrected chi connectivity index (χ1v) is 8.58. The maximum Gasteiger partial charge on any atom is 0.349 e. The number of nitrogens with one attached hydrogen (secondary N) is 1. The van der Waals surface area contributed by atoms with E-state index in [0.29, 0.717) is 24.1 Å². The van der Waals surface area contributed by atoms with Crippen LogP contribution in [-0.4, -0.2) is 35.8 Å². The van der Waals surface area contributed by atoms with Crippen molar-refractivity contribution < 1.29 is 14.0 Å². The summed E-state index contributed by atoms with van der Waals surface area (Å²) in [5.74, 6) is -0.660. The molecule has 0 spiro atoms. The molecular formula is C19H22N2O4. The van der Waals surface area contributed by atoms with Crippen molar-refractivity contribution in [3.05, 3.63) is 46.3 Å². The van der Waals surface area contributed by atoms with Crippen molar-refractivity contribution in [1.29, 1.82) is 0 Å². The first kappa shape index (κ1) is 17.2. The summed E-state index contributed by atoms with van der Waals surface area (Å²) in [4.78, 5) is 38.8. The van der Waals surface area contributed by atoms with Crippen molar-refractivity contribution in [2.75, 3.05) is 13.1 Å². The van der Waals surface area contributed by atoms with Crippen LogP contribution < -0.4 is 10.9 Å². The van der Waals surface area contributed by atoms with Crippen molar-refractivity contribution in [1.82, 2.24) is 10.2 Å². The number of carbonyl (C=O) groups excluding carboxylic acids is 2. The fraction of sp³-hybridized carbons (Fsp3) is 0.421. The molecule has 1 aliphatic rings. The summed E-state index contributed by atoms with van der Waals surface area (Å²) >= 11 is 0. The number of benzene rings is 1. The minimum Gasteiger partial charge on any atom is -0.422 e. The van der Waals surface area contributed by atoms with Gasteiger partial charge in [-0.1, -0.05) is 18.2 Å². The highest BCUT2D eigenvalue weighted by atomic mass is 16.4. The average Bonchev–Trinajstić information content (AvgIpc) is 2.60. The molecule has 2 aromatic rings. The van der Waals surface area contributed by atoms with Crippen LogP contribution in [0.3, 0.4) is 0 Å². The lowest BCUT2D eigenvalue weighted by atomic mass is 9.96. The number of fused-ring (bicyclic) bond motifs is 1. The Balaban J connectivity index is 1.82. The Kier molecular flexibility index (Phi) is 4.88. The highest BCUT2D eigenvalue weighted by Gasteiger charge is 2.30. The number of hydrogen-bond acceptors (Lipinski definition) is 4. The van der Waals surface area contributed by atoms with E-state index in [1.165, 1.54) is 0 Å². The first-order chi connectivity index (χ1) is 12.0. The standard InChI is InChI=1S/C19H22N2O4/c1-12(2)20-17(22)14-7-5-9-21(11-14)18(23)15-10-13-6-3-4-8-16(13)25-19(15)24/h3-4,6,8,10,12,14H,5,7,9,11H2,1-2H3,(H,20,22). The largest absolute Gasteiger partial charge is 0.422 e. The van der Waals surface area contributed by atoms with Gasteiger partial charge in [0.05, 0.1) is 5.92 Å². The summed E-state index contributed by atoms with van der Waals surface area (Å²) in [5.41, 5.74) is -0.169. The lowest BCUT2D eigenvalue weighted by molar-refractivity contribution is -0.126. The van der Waals surface area contributed by atoms with Crippen molar-refractivity contribution in [3.8, 4) is 0 Å². The Morgan fingerprint density at radius 3 is 2.80 bits per heavy atom. The second kappa shape index (κ2) is 7.09. The highest BCUT2D eigenvalue weighted by Crippen LogP contribution is 2.20. The Labute approximate surface area is 145 Å². The minimum atomic E-state index is -0.641. The Hall–Kier alpha value is -2.63. The van der Waals surface area contributed by atoms with Gasteiger partial charge in [0.15, 0.2) is 0 Å². The molecule has 1 fully saturated rings. The molecule has 1 unspecified atom stereocenters. The molecule has 25 heavy (non-hydrogen) atoms. The molecule has 1 N–H and O–H groups in total. The van der Waals surface area contributed by atoms with Gasteiger partial charge in [-0.05, 0) is 38.8 Å². The van der Waals surface area contributed by atoms with Crippen molar-refractivity contribution in [3.63, 3.8) is 0 Å². The zero-order valence-electron chi connectivity index (χ0n) is 14.5. The molecule has 6 nitrogen and oxygen atoms in total. The van der Waals surface area contributed by atoms with E-state index in [0.717, 1.165) is 12.8 Å². The number of rotatable bonds is 3. The summed E-state index contributed by atoms with van der Waals surface area (Å²) < 4.78 is 5.25. The summed E-state index contributed by atoms with van der Waals surface area (Å²) in [5, 5.41) is 3.60. The topological polar surface area (TPSA) is 79.6 Å². The number of piperidine rings is 1. The molecule has 2 heterocycles. The van der Waals surface area contributed by atoms with E-state index in [-0.39, 0.29) is 29.3 Å². The second-order valence-corrected chi connectivity index (χ2v) is 6.74. The molecule has 0 bridgehead atoms. The fourth-order valence-corrected chi connectivity index (χ4v) is 3.16. The van der Waals surface area contributed by atoms with Crippen LogP contribution >= 0.6 is 0 Å². The quantitative estimate of drug-likeness (QED) is 0.867. The molecule has 1 saturated heterocycles. The molecule has 2 amide bonds. The van der Waals surface area contributed by atoms with E-state index in [1.807, 2.05) is 19.9 Å². The number of carbonyl (C=O) groups is 2.